The molecular formula is C22H21NO3. The van der Waals surface area contributed by atoms with E-state index in [2.05, 4.69) is 6.58 Å². The summed E-state index contributed by atoms with van der Waals surface area (Å²) in [6, 6.07) is 17.7. The first kappa shape index (κ1) is 16.6. The lowest BCUT2D eigenvalue weighted by Gasteiger charge is -2.36. The first-order valence-corrected chi connectivity index (χ1v) is 8.76. The molecule has 1 heterocycles. The smallest absolute Gasteiger partial charge is 0.322 e. The molecule has 0 N–H and O–H groups in total. The molecule has 1 aliphatic heterocycles. The van der Waals surface area contributed by atoms with E-state index in [0.717, 1.165) is 22.3 Å². The molecule has 0 saturated carbocycles. The van der Waals surface area contributed by atoms with Gasteiger partial charge in [0.25, 0.3) is 0 Å². The molecule has 2 atom stereocenters. The van der Waals surface area contributed by atoms with Gasteiger partial charge in [-0.1, -0.05) is 61.2 Å². The van der Waals surface area contributed by atoms with Crippen molar-refractivity contribution in [1.82, 2.24) is 4.90 Å². The Morgan fingerprint density at radius 3 is 2.62 bits per heavy atom. The van der Waals surface area contributed by atoms with E-state index in [0.29, 0.717) is 19.5 Å². The normalized spacial score (nSPS) is 24.2. The Morgan fingerprint density at radius 2 is 1.88 bits per heavy atom. The highest BCUT2D eigenvalue weighted by Gasteiger charge is 2.62. The van der Waals surface area contributed by atoms with Crippen molar-refractivity contribution in [2.75, 3.05) is 13.7 Å². The summed E-state index contributed by atoms with van der Waals surface area (Å²) in [7, 11) is 1.35. The summed E-state index contributed by atoms with van der Waals surface area (Å²) in [5.41, 5.74) is 2.72. The Bertz CT molecular complexity index is 889. The van der Waals surface area contributed by atoms with Gasteiger partial charge in [0.2, 0.25) is 5.91 Å². The van der Waals surface area contributed by atoms with Crippen molar-refractivity contribution in [3.05, 3.63) is 77.9 Å². The Balaban J connectivity index is 1.76. The molecule has 0 radical (unpaired) electrons. The van der Waals surface area contributed by atoms with Gasteiger partial charge in [-0.3, -0.25) is 9.59 Å². The van der Waals surface area contributed by atoms with Crippen LogP contribution in [0.2, 0.25) is 0 Å². The van der Waals surface area contributed by atoms with Crippen molar-refractivity contribution < 1.29 is 14.3 Å². The SMILES string of the molecule is C=C1c2ccccc2C[C@]2(C(=O)OC)C(=O)N(Cc3ccccc3)C[C@@H]12. The fourth-order valence-electron chi connectivity index (χ4n) is 4.40. The number of carbonyl (C=O) groups excluding carboxylic acids is 2. The van der Waals surface area contributed by atoms with Gasteiger partial charge in [-0.2, -0.15) is 0 Å². The van der Waals surface area contributed by atoms with Gasteiger partial charge in [-0.15, -0.1) is 0 Å². The number of nitrogens with zero attached hydrogens (tertiary/aromatic N) is 1. The van der Waals surface area contributed by atoms with Crippen LogP contribution in [0.25, 0.3) is 5.57 Å². The fraction of sp³-hybridized carbons (Fsp3) is 0.273. The van der Waals surface area contributed by atoms with Crippen molar-refractivity contribution in [2.24, 2.45) is 11.3 Å². The van der Waals surface area contributed by atoms with Crippen LogP contribution in [0, 0.1) is 11.3 Å². The van der Waals surface area contributed by atoms with E-state index >= 15 is 0 Å². The Hall–Kier alpha value is -2.88. The second-order valence-electron chi connectivity index (χ2n) is 7.05. The summed E-state index contributed by atoms with van der Waals surface area (Å²) < 4.78 is 5.10. The van der Waals surface area contributed by atoms with Gasteiger partial charge in [0, 0.05) is 19.0 Å². The average Bonchev–Trinajstić information content (AvgIpc) is 2.96. The highest BCUT2D eigenvalue weighted by Crippen LogP contribution is 2.52. The number of methoxy groups -OCH3 is 1. The number of likely N-dealkylation sites (tertiary alicyclic amines) is 1. The number of amides is 1. The van der Waals surface area contributed by atoms with E-state index in [9.17, 15) is 9.59 Å². The largest absolute Gasteiger partial charge is 0.468 e. The molecule has 2 aromatic rings. The first-order valence-electron chi connectivity index (χ1n) is 8.76. The van der Waals surface area contributed by atoms with Crippen molar-refractivity contribution in [1.29, 1.82) is 0 Å². The molecule has 26 heavy (non-hydrogen) atoms. The lowest BCUT2D eigenvalue weighted by Crippen LogP contribution is -2.48. The van der Waals surface area contributed by atoms with Crippen molar-refractivity contribution in [2.45, 2.75) is 13.0 Å². The summed E-state index contributed by atoms with van der Waals surface area (Å²) >= 11 is 0. The van der Waals surface area contributed by atoms with Crippen LogP contribution in [0.15, 0.2) is 61.2 Å². The van der Waals surface area contributed by atoms with E-state index in [-0.39, 0.29) is 11.8 Å². The number of hydrogen-bond acceptors (Lipinski definition) is 3. The fourth-order valence-corrected chi connectivity index (χ4v) is 4.40. The van der Waals surface area contributed by atoms with Gasteiger partial charge < -0.3 is 9.64 Å². The minimum Gasteiger partial charge on any atom is -0.468 e. The minimum absolute atomic E-state index is 0.158. The van der Waals surface area contributed by atoms with E-state index in [1.807, 2.05) is 54.6 Å². The summed E-state index contributed by atoms with van der Waals surface area (Å²) in [6.07, 6.45) is 0.365. The first-order chi connectivity index (χ1) is 12.6. The van der Waals surface area contributed by atoms with Crippen molar-refractivity contribution >= 4 is 17.4 Å². The van der Waals surface area contributed by atoms with Crippen LogP contribution in [0.1, 0.15) is 16.7 Å². The molecule has 2 aliphatic rings. The molecule has 1 amide bonds. The maximum absolute atomic E-state index is 13.4. The number of rotatable bonds is 3. The van der Waals surface area contributed by atoms with E-state index in [1.54, 1.807) is 4.90 Å². The number of hydrogen-bond donors (Lipinski definition) is 0. The molecular weight excluding hydrogens is 326 g/mol. The topological polar surface area (TPSA) is 46.6 Å². The summed E-state index contributed by atoms with van der Waals surface area (Å²) in [4.78, 5) is 28.0. The summed E-state index contributed by atoms with van der Waals surface area (Å²) in [5.74, 6) is -0.881. The zero-order valence-corrected chi connectivity index (χ0v) is 14.8. The Morgan fingerprint density at radius 1 is 1.19 bits per heavy atom. The molecule has 1 aliphatic carbocycles. The molecule has 4 rings (SSSR count). The van der Waals surface area contributed by atoms with Gasteiger partial charge in [0.15, 0.2) is 5.41 Å². The van der Waals surface area contributed by atoms with Crippen LogP contribution in [0.5, 0.6) is 0 Å². The highest BCUT2D eigenvalue weighted by molar-refractivity contribution is 6.08. The number of benzene rings is 2. The molecule has 1 saturated heterocycles. The highest BCUT2D eigenvalue weighted by atomic mass is 16.5. The van der Waals surface area contributed by atoms with Gasteiger partial charge in [0.05, 0.1) is 7.11 Å². The van der Waals surface area contributed by atoms with Gasteiger partial charge in [0.1, 0.15) is 0 Å². The van der Waals surface area contributed by atoms with E-state index < -0.39 is 11.4 Å². The number of carbonyl (C=O) groups is 2. The molecule has 0 bridgehead atoms. The second-order valence-corrected chi connectivity index (χ2v) is 7.05. The van der Waals surface area contributed by atoms with Crippen molar-refractivity contribution in [3.8, 4) is 0 Å². The van der Waals surface area contributed by atoms with Gasteiger partial charge in [-0.25, -0.2) is 0 Å². The molecule has 2 aromatic carbocycles. The second kappa shape index (κ2) is 6.13. The number of esters is 1. The standard InChI is InChI=1S/C22H21NO3/c1-15-18-11-7-6-10-17(18)12-22(21(25)26-2)19(15)14-23(20(22)24)13-16-8-4-3-5-9-16/h3-11,19H,1,12-14H2,2H3/t19-,22+/m0/s1. The van der Waals surface area contributed by atoms with Crippen molar-refractivity contribution in [3.63, 3.8) is 0 Å². The molecule has 0 aromatic heterocycles. The molecule has 0 unspecified atom stereocenters. The summed E-state index contributed by atoms with van der Waals surface area (Å²) in [6.45, 7) is 5.22. The number of ether oxygens (including phenoxy) is 1. The lowest BCUT2D eigenvalue weighted by atomic mass is 9.64. The van der Waals surface area contributed by atoms with Gasteiger partial charge in [-0.05, 0) is 28.7 Å². The van der Waals surface area contributed by atoms with Crippen LogP contribution >= 0.6 is 0 Å². The zero-order valence-electron chi connectivity index (χ0n) is 14.8. The quantitative estimate of drug-likeness (QED) is 0.633. The predicted octanol–water partition coefficient (Wildman–Crippen LogP) is 3.07. The number of fused-ring (bicyclic) bond motifs is 2. The molecule has 4 nitrogen and oxygen atoms in total. The summed E-state index contributed by atoms with van der Waals surface area (Å²) in [5, 5.41) is 0. The third-order valence-electron chi connectivity index (χ3n) is 5.69. The third-order valence-corrected chi connectivity index (χ3v) is 5.69. The minimum atomic E-state index is -1.20. The maximum Gasteiger partial charge on any atom is 0.322 e. The van der Waals surface area contributed by atoms with E-state index in [4.69, 9.17) is 4.74 Å². The molecule has 0 spiro atoms. The van der Waals surface area contributed by atoms with Crippen LogP contribution in [-0.4, -0.2) is 30.4 Å². The van der Waals surface area contributed by atoms with Crippen LogP contribution in [0.3, 0.4) is 0 Å². The third kappa shape index (κ3) is 2.29. The van der Waals surface area contributed by atoms with E-state index in [1.165, 1.54) is 7.11 Å². The van der Waals surface area contributed by atoms with Crippen LogP contribution in [0.4, 0.5) is 0 Å². The molecule has 132 valence electrons. The van der Waals surface area contributed by atoms with Crippen LogP contribution < -0.4 is 0 Å². The monoisotopic (exact) mass is 347 g/mol. The van der Waals surface area contributed by atoms with Crippen LogP contribution in [-0.2, 0) is 27.3 Å². The predicted molar refractivity (Wildman–Crippen MR) is 99.0 cm³/mol. The Labute approximate surface area is 153 Å². The average molecular weight is 347 g/mol. The zero-order chi connectivity index (χ0) is 18.3. The molecule has 1 fully saturated rings. The lowest BCUT2D eigenvalue weighted by molar-refractivity contribution is -0.160. The van der Waals surface area contributed by atoms with Gasteiger partial charge >= 0.3 is 5.97 Å². The molecule has 4 heteroatoms. The Kier molecular flexibility index (Phi) is 3.91. The maximum atomic E-state index is 13.4.